The summed E-state index contributed by atoms with van der Waals surface area (Å²) in [6.45, 7) is 6.95. The molecule has 0 saturated carbocycles. The van der Waals surface area contributed by atoms with Crippen molar-refractivity contribution in [3.8, 4) is 0 Å². The predicted octanol–water partition coefficient (Wildman–Crippen LogP) is 5.55. The molecule has 128 valence electrons. The third-order valence-electron chi connectivity index (χ3n) is 5.26. The quantitative estimate of drug-likeness (QED) is 0.633. The van der Waals surface area contributed by atoms with E-state index in [1.165, 1.54) is 40.6 Å². The van der Waals surface area contributed by atoms with Gasteiger partial charge in [0.25, 0.3) is 0 Å². The van der Waals surface area contributed by atoms with Crippen molar-refractivity contribution in [3.05, 3.63) is 48.5 Å². The van der Waals surface area contributed by atoms with Gasteiger partial charge in [-0.1, -0.05) is 49.4 Å². The number of rotatable bonds is 6. The Hall–Kier alpha value is -1.45. The second-order valence-electron chi connectivity index (χ2n) is 7.35. The molecule has 0 bridgehead atoms. The normalized spacial score (nSPS) is 14.9. The molecule has 1 aliphatic heterocycles. The second-order valence-corrected chi connectivity index (χ2v) is 8.44. The number of fused-ring (bicyclic) bond motifs is 2. The lowest BCUT2D eigenvalue weighted by atomic mass is 10.1. The minimum absolute atomic E-state index is 0.570. The van der Waals surface area contributed by atoms with Crippen LogP contribution in [0.5, 0.6) is 0 Å². The summed E-state index contributed by atoms with van der Waals surface area (Å²) in [4.78, 5) is 5.25. The van der Waals surface area contributed by atoms with Gasteiger partial charge in [-0.2, -0.15) is 0 Å². The van der Waals surface area contributed by atoms with Crippen LogP contribution in [0.1, 0.15) is 26.7 Å². The van der Waals surface area contributed by atoms with Crippen LogP contribution in [0.25, 0.3) is 0 Å². The van der Waals surface area contributed by atoms with Gasteiger partial charge in [-0.05, 0) is 37.6 Å². The second kappa shape index (κ2) is 7.20. The summed E-state index contributed by atoms with van der Waals surface area (Å²) in [5.74, 6) is 0. The Morgan fingerprint density at radius 3 is 2.04 bits per heavy atom. The number of nitrogens with zero attached hydrogens (tertiary/aromatic N) is 2. The molecule has 0 aromatic heterocycles. The van der Waals surface area contributed by atoms with E-state index in [4.69, 9.17) is 0 Å². The van der Waals surface area contributed by atoms with E-state index >= 15 is 0 Å². The van der Waals surface area contributed by atoms with E-state index in [0.29, 0.717) is 6.04 Å². The first-order chi connectivity index (χ1) is 11.5. The van der Waals surface area contributed by atoms with Gasteiger partial charge in [0, 0.05) is 9.79 Å². The number of para-hydroxylation sites is 2. The Morgan fingerprint density at radius 2 is 1.50 bits per heavy atom. The molecular weight excluding hydrogens is 312 g/mol. The molecule has 1 heterocycles. The molecule has 3 heteroatoms. The van der Waals surface area contributed by atoms with Crippen molar-refractivity contribution < 1.29 is 4.48 Å². The first-order valence-corrected chi connectivity index (χ1v) is 9.80. The number of likely N-dealkylation sites (N-methyl/N-ethyl adjacent to an activating group) is 1. The third-order valence-corrected chi connectivity index (χ3v) is 6.39. The zero-order valence-corrected chi connectivity index (χ0v) is 16.1. The molecular formula is C21H29N2S+. The summed E-state index contributed by atoms with van der Waals surface area (Å²) in [7, 11) is 4.74. The molecule has 2 nitrogen and oxygen atoms in total. The van der Waals surface area contributed by atoms with Crippen molar-refractivity contribution >= 4 is 23.1 Å². The van der Waals surface area contributed by atoms with Crippen molar-refractivity contribution in [1.29, 1.82) is 0 Å². The van der Waals surface area contributed by atoms with Crippen LogP contribution in [0.4, 0.5) is 11.4 Å². The lowest BCUT2D eigenvalue weighted by Gasteiger charge is -2.41. The Balaban J connectivity index is 1.90. The van der Waals surface area contributed by atoms with Gasteiger partial charge in [-0.25, -0.2) is 0 Å². The molecule has 1 unspecified atom stereocenters. The summed E-state index contributed by atoms with van der Waals surface area (Å²) in [5, 5.41) is 0. The number of hydrogen-bond donors (Lipinski definition) is 0. The molecule has 3 rings (SSSR count). The highest BCUT2D eigenvalue weighted by molar-refractivity contribution is 7.99. The number of unbranched alkanes of at least 4 members (excludes halogenated alkanes) is 1. The highest BCUT2D eigenvalue weighted by Crippen LogP contribution is 2.47. The fourth-order valence-corrected chi connectivity index (χ4v) is 4.34. The predicted molar refractivity (Wildman–Crippen MR) is 105 cm³/mol. The van der Waals surface area contributed by atoms with E-state index in [1.807, 2.05) is 11.8 Å². The van der Waals surface area contributed by atoms with Gasteiger partial charge in [0.2, 0.25) is 0 Å². The molecule has 24 heavy (non-hydrogen) atoms. The SMILES string of the molecule is CCCC[N+](C)(C)C(C)CN1c2ccccc2Sc2ccccc21. The Bertz CT molecular complexity index is 650. The van der Waals surface area contributed by atoms with Crippen LogP contribution in [0.15, 0.2) is 58.3 Å². The van der Waals surface area contributed by atoms with E-state index in [2.05, 4.69) is 81.4 Å². The molecule has 0 N–H and O–H groups in total. The minimum atomic E-state index is 0.570. The van der Waals surface area contributed by atoms with Gasteiger partial charge in [0.05, 0.1) is 38.6 Å². The third kappa shape index (κ3) is 3.47. The lowest BCUT2D eigenvalue weighted by molar-refractivity contribution is -0.911. The zero-order chi connectivity index (χ0) is 17.2. The summed E-state index contributed by atoms with van der Waals surface area (Å²) < 4.78 is 1.07. The number of quaternary nitrogens is 1. The highest BCUT2D eigenvalue weighted by atomic mass is 32.2. The summed E-state index contributed by atoms with van der Waals surface area (Å²) in [5.41, 5.74) is 2.70. The standard InChI is InChI=1S/C21H29N2S/c1-5-6-15-23(3,4)17(2)16-22-18-11-7-9-13-20(18)24-21-14-10-8-12-19(21)22/h7-14,17H,5-6,15-16H2,1-4H3/q+1. The van der Waals surface area contributed by atoms with Crippen LogP contribution in [-0.2, 0) is 0 Å². The number of benzene rings is 2. The van der Waals surface area contributed by atoms with E-state index in [1.54, 1.807) is 0 Å². The monoisotopic (exact) mass is 341 g/mol. The maximum atomic E-state index is 2.53. The molecule has 2 aromatic carbocycles. The smallest absolute Gasteiger partial charge is 0.104 e. The zero-order valence-electron chi connectivity index (χ0n) is 15.3. The highest BCUT2D eigenvalue weighted by Gasteiger charge is 2.30. The Morgan fingerprint density at radius 1 is 0.958 bits per heavy atom. The Labute approximate surface area is 151 Å². The molecule has 1 aliphatic rings. The summed E-state index contributed by atoms with van der Waals surface area (Å²) in [6.07, 6.45) is 2.56. The largest absolute Gasteiger partial charge is 0.334 e. The van der Waals surface area contributed by atoms with Gasteiger partial charge in [-0.15, -0.1) is 0 Å². The molecule has 0 spiro atoms. The summed E-state index contributed by atoms with van der Waals surface area (Å²) >= 11 is 1.89. The van der Waals surface area contributed by atoms with E-state index in [-0.39, 0.29) is 0 Å². The maximum absolute atomic E-state index is 2.53. The maximum Gasteiger partial charge on any atom is 0.104 e. The first kappa shape index (κ1) is 17.4. The van der Waals surface area contributed by atoms with E-state index in [0.717, 1.165) is 11.0 Å². The molecule has 0 saturated heterocycles. The van der Waals surface area contributed by atoms with Crippen LogP contribution in [0.2, 0.25) is 0 Å². The van der Waals surface area contributed by atoms with Gasteiger partial charge in [0.15, 0.2) is 0 Å². The van der Waals surface area contributed by atoms with Crippen molar-refractivity contribution in [2.45, 2.75) is 42.5 Å². The van der Waals surface area contributed by atoms with Gasteiger partial charge < -0.3 is 9.38 Å². The van der Waals surface area contributed by atoms with Crippen LogP contribution < -0.4 is 4.90 Å². The molecule has 0 amide bonds. The number of hydrogen-bond acceptors (Lipinski definition) is 2. The fraction of sp³-hybridized carbons (Fsp3) is 0.429. The van der Waals surface area contributed by atoms with Crippen molar-refractivity contribution in [3.63, 3.8) is 0 Å². The topological polar surface area (TPSA) is 3.24 Å². The lowest BCUT2D eigenvalue weighted by Crippen LogP contribution is -2.52. The molecule has 0 aliphatic carbocycles. The molecule has 0 fully saturated rings. The average Bonchev–Trinajstić information content (AvgIpc) is 2.59. The Kier molecular flexibility index (Phi) is 5.21. The van der Waals surface area contributed by atoms with E-state index < -0.39 is 0 Å². The average molecular weight is 342 g/mol. The molecule has 1 atom stereocenters. The number of anilines is 2. The van der Waals surface area contributed by atoms with E-state index in [9.17, 15) is 0 Å². The van der Waals surface area contributed by atoms with Crippen molar-refractivity contribution in [2.75, 3.05) is 32.1 Å². The van der Waals surface area contributed by atoms with Crippen molar-refractivity contribution in [2.24, 2.45) is 0 Å². The fourth-order valence-electron chi connectivity index (χ4n) is 3.25. The minimum Gasteiger partial charge on any atom is -0.334 e. The molecule has 2 aromatic rings. The summed E-state index contributed by atoms with van der Waals surface area (Å²) in [6, 6.07) is 18.2. The molecule has 0 radical (unpaired) electrons. The van der Waals surface area contributed by atoms with Crippen LogP contribution in [0, 0.1) is 0 Å². The van der Waals surface area contributed by atoms with Gasteiger partial charge in [0.1, 0.15) is 6.04 Å². The van der Waals surface area contributed by atoms with Gasteiger partial charge >= 0.3 is 0 Å². The first-order valence-electron chi connectivity index (χ1n) is 8.99. The van der Waals surface area contributed by atoms with Crippen LogP contribution in [-0.4, -0.2) is 37.7 Å². The van der Waals surface area contributed by atoms with Crippen LogP contribution >= 0.6 is 11.8 Å². The van der Waals surface area contributed by atoms with Crippen molar-refractivity contribution in [1.82, 2.24) is 0 Å². The van der Waals surface area contributed by atoms with Gasteiger partial charge in [-0.3, -0.25) is 0 Å². The van der Waals surface area contributed by atoms with Crippen LogP contribution in [0.3, 0.4) is 0 Å².